The molecule has 1 aromatic carbocycles. The highest BCUT2D eigenvalue weighted by Crippen LogP contribution is 2.21. The predicted molar refractivity (Wildman–Crippen MR) is 134 cm³/mol. The summed E-state index contributed by atoms with van der Waals surface area (Å²) in [4.78, 5) is 32.4. The van der Waals surface area contributed by atoms with Gasteiger partial charge in [0.05, 0.1) is 23.2 Å². The molecule has 0 aliphatic carbocycles. The average molecular weight is 495 g/mol. The third kappa shape index (κ3) is 5.36. The van der Waals surface area contributed by atoms with E-state index in [1.807, 2.05) is 25.1 Å². The van der Waals surface area contributed by atoms with Crippen molar-refractivity contribution in [3.63, 3.8) is 0 Å². The van der Waals surface area contributed by atoms with E-state index in [1.165, 1.54) is 10.9 Å². The minimum absolute atomic E-state index is 0.0242. The second-order valence-corrected chi connectivity index (χ2v) is 8.54. The third-order valence-corrected chi connectivity index (χ3v) is 5.77. The molecule has 2 amide bonds. The van der Waals surface area contributed by atoms with Gasteiger partial charge in [-0.2, -0.15) is 15.6 Å². The lowest BCUT2D eigenvalue weighted by Crippen LogP contribution is -2.24. The summed E-state index contributed by atoms with van der Waals surface area (Å²) in [6.45, 7) is 5.81. The molecule has 0 atom stereocenters. The number of fused-ring (bicyclic) bond motifs is 1. The van der Waals surface area contributed by atoms with Gasteiger partial charge in [0.2, 0.25) is 0 Å². The van der Waals surface area contributed by atoms with Gasteiger partial charge in [0.25, 0.3) is 5.91 Å². The number of carbonyl (C=O) groups is 2. The lowest BCUT2D eigenvalue weighted by molar-refractivity contribution is 0.0950. The van der Waals surface area contributed by atoms with E-state index in [2.05, 4.69) is 31.8 Å². The molecule has 184 valence electrons. The van der Waals surface area contributed by atoms with Crippen molar-refractivity contribution in [2.75, 3.05) is 5.32 Å². The Hall–Kier alpha value is -5.29. The first kappa shape index (κ1) is 24.8. The van der Waals surface area contributed by atoms with Crippen LogP contribution in [0.2, 0.25) is 0 Å². The number of anilines is 1. The number of rotatable bonds is 6. The van der Waals surface area contributed by atoms with E-state index in [9.17, 15) is 20.1 Å². The van der Waals surface area contributed by atoms with Gasteiger partial charge in [-0.3, -0.25) is 19.8 Å². The van der Waals surface area contributed by atoms with Gasteiger partial charge in [0.15, 0.2) is 5.69 Å². The monoisotopic (exact) mass is 494 g/mol. The fourth-order valence-electron chi connectivity index (χ4n) is 4.10. The smallest absolute Gasteiger partial charge is 0.410 e. The quantitative estimate of drug-likeness (QED) is 0.365. The molecule has 0 aliphatic heterocycles. The van der Waals surface area contributed by atoms with Crippen LogP contribution in [0, 0.1) is 43.4 Å². The Morgan fingerprint density at radius 1 is 1.11 bits per heavy atom. The Kier molecular flexibility index (Phi) is 6.80. The standard InChI is InChI=1S/C26H22N8O3/c1-14-4-18-6-17(7-19(8-27)24(18)29-10-14)12-34-13-21(22(9-28)33-34)25(35)30-11-20-15(2)5-23(31-16(20)3)32-26(36)37/h4-7,10,13H,11-12H2,1-3H3,(H,30,35)(H,31,32)(H,36,37). The number of aromatic nitrogens is 4. The Labute approximate surface area is 212 Å². The summed E-state index contributed by atoms with van der Waals surface area (Å²) >= 11 is 0. The summed E-state index contributed by atoms with van der Waals surface area (Å²) in [5.74, 6) is -0.282. The van der Waals surface area contributed by atoms with Crippen LogP contribution in [0.5, 0.6) is 0 Å². The lowest BCUT2D eigenvalue weighted by atomic mass is 10.0. The SMILES string of the molecule is Cc1cnc2c(C#N)cc(Cn3cc(C(=O)NCc4c(C)cc(NC(=O)O)nc4C)c(C#N)n3)cc2c1. The van der Waals surface area contributed by atoms with E-state index in [0.29, 0.717) is 16.8 Å². The molecule has 0 spiro atoms. The molecular formula is C26H22N8O3. The molecule has 3 aromatic heterocycles. The topological polar surface area (TPSA) is 170 Å². The van der Waals surface area contributed by atoms with E-state index in [-0.39, 0.29) is 30.2 Å². The highest BCUT2D eigenvalue weighted by molar-refractivity contribution is 5.96. The van der Waals surface area contributed by atoms with Crippen molar-refractivity contribution in [2.24, 2.45) is 0 Å². The largest absolute Gasteiger partial charge is 0.465 e. The van der Waals surface area contributed by atoms with Gasteiger partial charge < -0.3 is 10.4 Å². The first-order valence-electron chi connectivity index (χ1n) is 11.2. The maximum absolute atomic E-state index is 12.9. The van der Waals surface area contributed by atoms with E-state index in [1.54, 1.807) is 32.2 Å². The molecule has 3 N–H and O–H groups in total. The Morgan fingerprint density at radius 3 is 2.57 bits per heavy atom. The van der Waals surface area contributed by atoms with Gasteiger partial charge in [-0.05, 0) is 67.3 Å². The van der Waals surface area contributed by atoms with Crippen LogP contribution in [0.25, 0.3) is 10.9 Å². The number of nitrogens with zero attached hydrogens (tertiary/aromatic N) is 6. The fraction of sp³-hybridized carbons (Fsp3) is 0.192. The lowest BCUT2D eigenvalue weighted by Gasteiger charge is -2.12. The molecule has 3 heterocycles. The van der Waals surface area contributed by atoms with Crippen LogP contribution in [0.15, 0.2) is 36.7 Å². The maximum Gasteiger partial charge on any atom is 0.410 e. The number of hydrogen-bond donors (Lipinski definition) is 3. The maximum atomic E-state index is 12.9. The molecule has 4 aromatic rings. The molecule has 37 heavy (non-hydrogen) atoms. The molecule has 4 rings (SSSR count). The van der Waals surface area contributed by atoms with Crippen molar-refractivity contribution in [1.82, 2.24) is 25.1 Å². The van der Waals surface area contributed by atoms with Crippen LogP contribution in [0.1, 0.15) is 49.6 Å². The predicted octanol–water partition coefficient (Wildman–Crippen LogP) is 3.56. The van der Waals surface area contributed by atoms with Crippen LogP contribution >= 0.6 is 0 Å². The second-order valence-electron chi connectivity index (χ2n) is 8.54. The van der Waals surface area contributed by atoms with Crippen LogP contribution in [0.4, 0.5) is 10.6 Å². The first-order valence-corrected chi connectivity index (χ1v) is 11.2. The first-order chi connectivity index (χ1) is 17.7. The van der Waals surface area contributed by atoms with Crippen molar-refractivity contribution >= 4 is 28.7 Å². The minimum Gasteiger partial charge on any atom is -0.465 e. The molecule has 0 saturated carbocycles. The molecule has 0 unspecified atom stereocenters. The highest BCUT2D eigenvalue weighted by atomic mass is 16.4. The summed E-state index contributed by atoms with van der Waals surface area (Å²) in [6, 6.07) is 11.3. The van der Waals surface area contributed by atoms with Crippen molar-refractivity contribution in [2.45, 2.75) is 33.9 Å². The molecule has 11 heteroatoms. The average Bonchev–Trinajstić information content (AvgIpc) is 3.25. The van der Waals surface area contributed by atoms with Gasteiger partial charge in [-0.25, -0.2) is 9.78 Å². The molecule has 0 fully saturated rings. The van der Waals surface area contributed by atoms with Crippen LogP contribution in [0.3, 0.4) is 0 Å². The molecule has 0 aliphatic rings. The number of pyridine rings is 2. The van der Waals surface area contributed by atoms with Crippen LogP contribution in [-0.2, 0) is 13.1 Å². The normalized spacial score (nSPS) is 10.5. The number of nitrogens with one attached hydrogen (secondary N) is 2. The Balaban J connectivity index is 1.54. The number of aryl methyl sites for hydroxylation is 3. The Morgan fingerprint density at radius 2 is 1.89 bits per heavy atom. The second kappa shape index (κ2) is 10.1. The van der Waals surface area contributed by atoms with Crippen molar-refractivity contribution < 1.29 is 14.7 Å². The van der Waals surface area contributed by atoms with E-state index in [0.717, 1.165) is 27.6 Å². The molecule has 0 saturated heterocycles. The van der Waals surface area contributed by atoms with Crippen LogP contribution in [-0.4, -0.2) is 36.9 Å². The number of carbonyl (C=O) groups excluding carboxylic acids is 1. The number of hydrogen-bond acceptors (Lipinski definition) is 7. The van der Waals surface area contributed by atoms with Gasteiger partial charge >= 0.3 is 6.09 Å². The molecular weight excluding hydrogens is 472 g/mol. The number of carboxylic acid groups (broad SMARTS) is 1. The van der Waals surface area contributed by atoms with Gasteiger partial charge in [0, 0.05) is 30.0 Å². The minimum atomic E-state index is -1.22. The van der Waals surface area contributed by atoms with Gasteiger partial charge in [-0.15, -0.1) is 0 Å². The number of amides is 2. The molecule has 11 nitrogen and oxygen atoms in total. The fourth-order valence-corrected chi connectivity index (χ4v) is 4.10. The molecule has 0 radical (unpaired) electrons. The zero-order valence-corrected chi connectivity index (χ0v) is 20.3. The van der Waals surface area contributed by atoms with Gasteiger partial charge in [0.1, 0.15) is 18.0 Å². The summed E-state index contributed by atoms with van der Waals surface area (Å²) < 4.78 is 1.49. The number of nitriles is 2. The zero-order valence-electron chi connectivity index (χ0n) is 20.3. The van der Waals surface area contributed by atoms with Crippen molar-refractivity contribution in [3.05, 3.63) is 81.4 Å². The Bertz CT molecular complexity index is 1620. The summed E-state index contributed by atoms with van der Waals surface area (Å²) in [6.07, 6.45) is 1.99. The van der Waals surface area contributed by atoms with Crippen LogP contribution < -0.4 is 10.6 Å². The highest BCUT2D eigenvalue weighted by Gasteiger charge is 2.18. The van der Waals surface area contributed by atoms with E-state index < -0.39 is 12.0 Å². The third-order valence-electron chi connectivity index (χ3n) is 5.77. The van der Waals surface area contributed by atoms with Crippen molar-refractivity contribution in [1.29, 1.82) is 10.5 Å². The van der Waals surface area contributed by atoms with Crippen molar-refractivity contribution in [3.8, 4) is 12.1 Å². The molecule has 0 bridgehead atoms. The summed E-state index contributed by atoms with van der Waals surface area (Å²) in [7, 11) is 0. The van der Waals surface area contributed by atoms with E-state index in [4.69, 9.17) is 5.11 Å². The summed E-state index contributed by atoms with van der Waals surface area (Å²) in [5, 5.41) is 38.1. The van der Waals surface area contributed by atoms with Gasteiger partial charge in [-0.1, -0.05) is 0 Å². The zero-order chi connectivity index (χ0) is 26.7. The number of benzene rings is 1. The van der Waals surface area contributed by atoms with E-state index >= 15 is 0 Å². The summed E-state index contributed by atoms with van der Waals surface area (Å²) in [5.41, 5.74) is 4.94.